The summed E-state index contributed by atoms with van der Waals surface area (Å²) in [7, 11) is 0. The summed E-state index contributed by atoms with van der Waals surface area (Å²) in [5.74, 6) is 0. The second-order valence-corrected chi connectivity index (χ2v) is 14.9. The highest BCUT2D eigenvalue weighted by atomic mass is 16.3. The van der Waals surface area contributed by atoms with E-state index in [0.29, 0.717) is 0 Å². The molecule has 0 unspecified atom stereocenters. The molecule has 0 amide bonds. The third-order valence-corrected chi connectivity index (χ3v) is 11.6. The lowest BCUT2D eigenvalue weighted by Gasteiger charge is -2.28. The average molecular weight is 678 g/mol. The van der Waals surface area contributed by atoms with Crippen molar-refractivity contribution in [2.75, 3.05) is 4.90 Å². The molecule has 0 saturated carbocycles. The predicted octanol–water partition coefficient (Wildman–Crippen LogP) is 14.5. The van der Waals surface area contributed by atoms with Crippen LogP contribution in [0, 0.1) is 0 Å². The van der Waals surface area contributed by atoms with E-state index in [9.17, 15) is 0 Å². The van der Waals surface area contributed by atoms with Gasteiger partial charge in [-0.1, -0.05) is 141 Å². The Labute approximate surface area is 308 Å². The van der Waals surface area contributed by atoms with Crippen LogP contribution in [0.15, 0.2) is 180 Å². The number of fused-ring (bicyclic) bond motifs is 10. The molecule has 9 aromatic carbocycles. The van der Waals surface area contributed by atoms with Gasteiger partial charge in [0.2, 0.25) is 0 Å². The molecule has 11 rings (SSSR count). The zero-order valence-electron chi connectivity index (χ0n) is 29.6. The van der Waals surface area contributed by atoms with Crippen LogP contribution in [0.1, 0.15) is 25.0 Å². The van der Waals surface area contributed by atoms with Crippen LogP contribution < -0.4 is 4.90 Å². The van der Waals surface area contributed by atoms with Gasteiger partial charge in [0.25, 0.3) is 0 Å². The molecular formula is C51H35NO. The van der Waals surface area contributed by atoms with Crippen LogP contribution >= 0.6 is 0 Å². The van der Waals surface area contributed by atoms with Crippen LogP contribution in [0.25, 0.3) is 76.5 Å². The third-order valence-electron chi connectivity index (χ3n) is 11.6. The van der Waals surface area contributed by atoms with Crippen molar-refractivity contribution in [2.45, 2.75) is 19.3 Å². The van der Waals surface area contributed by atoms with Crippen molar-refractivity contribution in [3.8, 4) is 22.3 Å². The maximum Gasteiger partial charge on any atom is 0.143 e. The minimum atomic E-state index is -0.116. The summed E-state index contributed by atoms with van der Waals surface area (Å²) in [6, 6.07) is 64.0. The molecule has 2 heteroatoms. The van der Waals surface area contributed by atoms with Gasteiger partial charge in [-0.25, -0.2) is 0 Å². The Morgan fingerprint density at radius 1 is 0.434 bits per heavy atom. The number of hydrogen-bond donors (Lipinski definition) is 0. The predicted molar refractivity (Wildman–Crippen MR) is 224 cm³/mol. The van der Waals surface area contributed by atoms with E-state index in [2.05, 4.69) is 195 Å². The van der Waals surface area contributed by atoms with Crippen molar-refractivity contribution in [3.63, 3.8) is 0 Å². The molecule has 0 fully saturated rings. The maximum absolute atomic E-state index is 7.09. The van der Waals surface area contributed by atoms with E-state index >= 15 is 0 Å². The van der Waals surface area contributed by atoms with Crippen LogP contribution in [0.5, 0.6) is 0 Å². The van der Waals surface area contributed by atoms with Crippen LogP contribution in [-0.2, 0) is 5.41 Å². The lowest BCUT2D eigenvalue weighted by atomic mass is 9.82. The normalized spacial score (nSPS) is 13.2. The first-order valence-electron chi connectivity index (χ1n) is 18.4. The van der Waals surface area contributed by atoms with E-state index in [0.717, 1.165) is 44.6 Å². The molecule has 0 spiro atoms. The van der Waals surface area contributed by atoms with Gasteiger partial charge >= 0.3 is 0 Å². The molecule has 0 N–H and O–H groups in total. The van der Waals surface area contributed by atoms with E-state index in [-0.39, 0.29) is 5.41 Å². The minimum absolute atomic E-state index is 0.116. The van der Waals surface area contributed by atoms with Crippen molar-refractivity contribution in [1.82, 2.24) is 0 Å². The highest BCUT2D eigenvalue weighted by molar-refractivity contribution is 6.25. The highest BCUT2D eigenvalue weighted by Gasteiger charge is 2.36. The molecule has 0 bridgehead atoms. The zero-order valence-corrected chi connectivity index (χ0v) is 29.6. The quantitative estimate of drug-likeness (QED) is 0.172. The molecule has 1 heterocycles. The van der Waals surface area contributed by atoms with Crippen molar-refractivity contribution < 1.29 is 4.42 Å². The molecule has 53 heavy (non-hydrogen) atoms. The third kappa shape index (κ3) is 4.33. The molecular weight excluding hydrogens is 643 g/mol. The van der Waals surface area contributed by atoms with Gasteiger partial charge in [-0.15, -0.1) is 0 Å². The van der Waals surface area contributed by atoms with Crippen molar-refractivity contribution in [1.29, 1.82) is 0 Å². The first kappa shape index (κ1) is 30.0. The molecule has 10 aromatic rings. The fraction of sp³-hybridized carbons (Fsp3) is 0.0588. The summed E-state index contributed by atoms with van der Waals surface area (Å²) < 4.78 is 7.09. The standard InChI is InChI=1S/C51H35NO/c1-51(2)44-24-13-12-23-40(44)41-28-27-35(31-45(41)51)52(34-17-4-3-5-18-34)46-25-14-26-47-49(46)43-30-33-16-7-9-20-37(33)48(50(43)53-47)42-29-32-15-6-8-19-36(32)38-21-10-11-22-39(38)42/h3-31H,1-2H3. The molecule has 0 saturated heterocycles. The lowest BCUT2D eigenvalue weighted by molar-refractivity contribution is 0.660. The Morgan fingerprint density at radius 3 is 1.92 bits per heavy atom. The first-order valence-corrected chi connectivity index (χ1v) is 18.4. The number of anilines is 3. The van der Waals surface area contributed by atoms with Crippen molar-refractivity contribution in [2.24, 2.45) is 0 Å². The smallest absolute Gasteiger partial charge is 0.143 e. The van der Waals surface area contributed by atoms with Crippen molar-refractivity contribution >= 4 is 71.3 Å². The Morgan fingerprint density at radius 2 is 1.09 bits per heavy atom. The van der Waals surface area contributed by atoms with Crippen LogP contribution in [0.4, 0.5) is 17.1 Å². The van der Waals surface area contributed by atoms with E-state index in [1.807, 2.05) is 0 Å². The van der Waals surface area contributed by atoms with Gasteiger partial charge < -0.3 is 9.32 Å². The van der Waals surface area contributed by atoms with Crippen LogP contribution in [0.2, 0.25) is 0 Å². The minimum Gasteiger partial charge on any atom is -0.455 e. The largest absolute Gasteiger partial charge is 0.455 e. The van der Waals surface area contributed by atoms with E-state index in [4.69, 9.17) is 4.42 Å². The zero-order chi connectivity index (χ0) is 35.3. The topological polar surface area (TPSA) is 16.4 Å². The second kappa shape index (κ2) is 11.2. The monoisotopic (exact) mass is 677 g/mol. The van der Waals surface area contributed by atoms with Gasteiger partial charge in [0.15, 0.2) is 0 Å². The first-order chi connectivity index (χ1) is 26.1. The number of nitrogens with zero attached hydrogens (tertiary/aromatic N) is 1. The van der Waals surface area contributed by atoms with Gasteiger partial charge in [-0.05, 0) is 109 Å². The summed E-state index contributed by atoms with van der Waals surface area (Å²) in [6.07, 6.45) is 0. The summed E-state index contributed by atoms with van der Waals surface area (Å²) in [5, 5.41) is 9.52. The number of furan rings is 1. The van der Waals surface area contributed by atoms with Gasteiger partial charge in [0.1, 0.15) is 11.2 Å². The Balaban J connectivity index is 1.22. The Bertz CT molecular complexity index is 3090. The van der Waals surface area contributed by atoms with Crippen LogP contribution in [-0.4, -0.2) is 0 Å². The SMILES string of the molecule is CC1(C)c2ccccc2-c2ccc(N(c3ccccc3)c3cccc4oc5c(-c6cc7ccccc7c7ccccc67)c6ccccc6cc5c34)cc21. The summed E-state index contributed by atoms with van der Waals surface area (Å²) in [5.41, 5.74) is 12.6. The Hall–Kier alpha value is -6.64. The summed E-state index contributed by atoms with van der Waals surface area (Å²) in [6.45, 7) is 4.70. The molecule has 0 aliphatic heterocycles. The molecule has 1 aromatic heterocycles. The van der Waals surface area contributed by atoms with Gasteiger partial charge in [0.05, 0.1) is 11.1 Å². The fourth-order valence-corrected chi connectivity index (χ4v) is 9.16. The number of hydrogen-bond acceptors (Lipinski definition) is 2. The molecule has 250 valence electrons. The molecule has 1 aliphatic rings. The molecule has 0 atom stereocenters. The van der Waals surface area contributed by atoms with Crippen LogP contribution in [0.3, 0.4) is 0 Å². The summed E-state index contributed by atoms with van der Waals surface area (Å²) >= 11 is 0. The highest BCUT2D eigenvalue weighted by Crippen LogP contribution is 2.52. The molecule has 2 nitrogen and oxygen atoms in total. The Kier molecular flexibility index (Phi) is 6.33. The number of benzene rings is 9. The molecule has 0 radical (unpaired) electrons. The maximum atomic E-state index is 7.09. The average Bonchev–Trinajstić information content (AvgIpc) is 3.69. The van der Waals surface area contributed by atoms with Gasteiger partial charge in [-0.3, -0.25) is 0 Å². The number of para-hydroxylation sites is 1. The van der Waals surface area contributed by atoms with E-state index < -0.39 is 0 Å². The van der Waals surface area contributed by atoms with Gasteiger partial charge in [0, 0.05) is 27.7 Å². The lowest BCUT2D eigenvalue weighted by Crippen LogP contribution is -2.16. The number of rotatable bonds is 4. The summed E-state index contributed by atoms with van der Waals surface area (Å²) in [4.78, 5) is 2.41. The van der Waals surface area contributed by atoms with Gasteiger partial charge in [-0.2, -0.15) is 0 Å². The van der Waals surface area contributed by atoms with E-state index in [1.54, 1.807) is 0 Å². The van der Waals surface area contributed by atoms with E-state index in [1.165, 1.54) is 60.1 Å². The fourth-order valence-electron chi connectivity index (χ4n) is 9.16. The van der Waals surface area contributed by atoms with Crippen molar-refractivity contribution in [3.05, 3.63) is 187 Å². The molecule has 1 aliphatic carbocycles. The second-order valence-electron chi connectivity index (χ2n) is 14.9.